The molecule has 0 saturated heterocycles. The van der Waals surface area contributed by atoms with E-state index in [1.54, 1.807) is 0 Å². The first kappa shape index (κ1) is 11.2. The molecule has 5 heteroatoms. The molecule has 0 atom stereocenters. The first-order valence-electron chi connectivity index (χ1n) is 4.10. The van der Waals surface area contributed by atoms with Gasteiger partial charge in [0, 0.05) is 10.0 Å². The Labute approximate surface area is 113 Å². The van der Waals surface area contributed by atoms with Crippen LogP contribution in [-0.2, 0) is 0 Å². The van der Waals surface area contributed by atoms with Gasteiger partial charge >= 0.3 is 0 Å². The lowest BCUT2D eigenvalue weighted by molar-refractivity contribution is 1.12. The van der Waals surface area contributed by atoms with Crippen molar-refractivity contribution >= 4 is 47.8 Å². The van der Waals surface area contributed by atoms with E-state index < -0.39 is 0 Å². The highest BCUT2D eigenvalue weighted by Crippen LogP contribution is 2.32. The molecule has 2 rings (SSSR count). The number of rotatable bonds is 1. The van der Waals surface area contributed by atoms with E-state index in [1.165, 1.54) is 6.33 Å². The lowest BCUT2D eigenvalue weighted by Gasteiger charge is -2.05. The number of nitrogens with zero attached hydrogens (tertiary/aromatic N) is 2. The number of aromatic nitrogens is 2. The number of hydrogen-bond acceptors (Lipinski definition) is 2. The molecule has 0 amide bonds. The summed E-state index contributed by atoms with van der Waals surface area (Å²) in [5.41, 5.74) is 2.03. The minimum atomic E-state index is 0.784. The van der Waals surface area contributed by atoms with Crippen molar-refractivity contribution in [3.8, 4) is 11.1 Å². The molecule has 0 N–H and O–H groups in total. The Hall–Kier alpha value is -0.260. The highest BCUT2D eigenvalue weighted by atomic mass is 79.9. The summed E-state index contributed by atoms with van der Waals surface area (Å²) < 4.78 is 2.62. The zero-order valence-corrected chi connectivity index (χ0v) is 12.2. The Morgan fingerprint density at radius 1 is 0.800 bits per heavy atom. The van der Waals surface area contributed by atoms with Crippen LogP contribution in [0.15, 0.2) is 44.3 Å². The van der Waals surface area contributed by atoms with Crippen molar-refractivity contribution in [3.05, 3.63) is 44.3 Å². The van der Waals surface area contributed by atoms with Crippen molar-refractivity contribution in [1.82, 2.24) is 9.97 Å². The molecule has 1 aromatic carbocycles. The van der Waals surface area contributed by atoms with Crippen LogP contribution in [0.4, 0.5) is 0 Å². The van der Waals surface area contributed by atoms with Gasteiger partial charge in [-0.05, 0) is 49.6 Å². The molecular weight excluding hydrogens is 388 g/mol. The SMILES string of the molecule is Brc1ccc(-c2c(Br)ncnc2Br)cc1. The van der Waals surface area contributed by atoms with Crippen LogP contribution in [0.2, 0.25) is 0 Å². The Kier molecular flexibility index (Phi) is 3.53. The second kappa shape index (κ2) is 4.72. The summed E-state index contributed by atoms with van der Waals surface area (Å²) in [5.74, 6) is 0. The third kappa shape index (κ3) is 2.46. The number of benzene rings is 1. The molecule has 0 bridgehead atoms. The first-order chi connectivity index (χ1) is 7.18. The van der Waals surface area contributed by atoms with Crippen LogP contribution in [0.5, 0.6) is 0 Å². The van der Waals surface area contributed by atoms with Crippen molar-refractivity contribution in [1.29, 1.82) is 0 Å². The van der Waals surface area contributed by atoms with E-state index in [2.05, 4.69) is 57.8 Å². The van der Waals surface area contributed by atoms with Gasteiger partial charge in [0.15, 0.2) is 0 Å². The highest BCUT2D eigenvalue weighted by Gasteiger charge is 2.09. The molecule has 76 valence electrons. The molecule has 2 nitrogen and oxygen atoms in total. The quantitative estimate of drug-likeness (QED) is 0.671. The molecule has 1 heterocycles. The van der Waals surface area contributed by atoms with Gasteiger partial charge in [-0.15, -0.1) is 0 Å². The maximum atomic E-state index is 4.10. The van der Waals surface area contributed by atoms with E-state index in [-0.39, 0.29) is 0 Å². The molecule has 1 aromatic heterocycles. The minimum absolute atomic E-state index is 0.784. The van der Waals surface area contributed by atoms with Gasteiger partial charge in [0.1, 0.15) is 15.5 Å². The second-order valence-corrected chi connectivity index (χ2v) is 5.26. The van der Waals surface area contributed by atoms with Gasteiger partial charge in [0.25, 0.3) is 0 Å². The van der Waals surface area contributed by atoms with E-state index in [9.17, 15) is 0 Å². The average molecular weight is 393 g/mol. The summed E-state index contributed by atoms with van der Waals surface area (Å²) in [7, 11) is 0. The Bertz CT molecular complexity index is 462. The predicted octanol–water partition coefficient (Wildman–Crippen LogP) is 4.43. The summed E-state index contributed by atoms with van der Waals surface area (Å²) in [6.45, 7) is 0. The van der Waals surface area contributed by atoms with Crippen LogP contribution in [0.25, 0.3) is 11.1 Å². The summed E-state index contributed by atoms with van der Waals surface area (Å²) in [4.78, 5) is 8.21. The Morgan fingerprint density at radius 3 is 1.87 bits per heavy atom. The Morgan fingerprint density at radius 2 is 1.33 bits per heavy atom. The maximum absolute atomic E-state index is 4.10. The summed E-state index contributed by atoms with van der Waals surface area (Å²) in [5, 5.41) is 0. The zero-order valence-electron chi connectivity index (χ0n) is 7.42. The molecule has 0 aliphatic rings. The molecule has 0 unspecified atom stereocenters. The van der Waals surface area contributed by atoms with E-state index in [0.29, 0.717) is 0 Å². The molecule has 0 saturated carbocycles. The summed E-state index contributed by atoms with van der Waals surface area (Å²) in [6.07, 6.45) is 1.51. The van der Waals surface area contributed by atoms with Crippen molar-refractivity contribution < 1.29 is 0 Å². The molecule has 0 aliphatic heterocycles. The van der Waals surface area contributed by atoms with Crippen LogP contribution >= 0.6 is 47.8 Å². The van der Waals surface area contributed by atoms with Gasteiger partial charge in [-0.3, -0.25) is 0 Å². The summed E-state index contributed by atoms with van der Waals surface area (Å²) >= 11 is 10.2. The highest BCUT2D eigenvalue weighted by molar-refractivity contribution is 9.11. The molecular formula is C10H5Br3N2. The molecule has 0 radical (unpaired) electrons. The molecule has 0 aliphatic carbocycles. The fourth-order valence-corrected chi connectivity index (χ4v) is 2.75. The van der Waals surface area contributed by atoms with E-state index >= 15 is 0 Å². The average Bonchev–Trinajstić information content (AvgIpc) is 2.20. The standard InChI is InChI=1S/C10H5Br3N2/c11-7-3-1-6(2-4-7)8-9(12)14-5-15-10(8)13/h1-5H. The molecule has 2 aromatic rings. The van der Waals surface area contributed by atoms with Crippen molar-refractivity contribution in [2.24, 2.45) is 0 Å². The second-order valence-electron chi connectivity index (χ2n) is 2.84. The first-order valence-corrected chi connectivity index (χ1v) is 6.48. The minimum Gasteiger partial charge on any atom is -0.229 e. The predicted molar refractivity (Wildman–Crippen MR) is 70.6 cm³/mol. The zero-order chi connectivity index (χ0) is 10.8. The normalized spacial score (nSPS) is 10.3. The van der Waals surface area contributed by atoms with Crippen molar-refractivity contribution in [3.63, 3.8) is 0 Å². The number of halogens is 3. The van der Waals surface area contributed by atoms with Gasteiger partial charge in [-0.2, -0.15) is 0 Å². The van der Waals surface area contributed by atoms with Crippen LogP contribution in [0.1, 0.15) is 0 Å². The van der Waals surface area contributed by atoms with Crippen molar-refractivity contribution in [2.45, 2.75) is 0 Å². The smallest absolute Gasteiger partial charge is 0.118 e. The van der Waals surface area contributed by atoms with Gasteiger partial charge in [-0.1, -0.05) is 28.1 Å². The van der Waals surface area contributed by atoms with E-state index in [0.717, 1.165) is 24.8 Å². The van der Waals surface area contributed by atoms with Crippen LogP contribution in [-0.4, -0.2) is 9.97 Å². The lowest BCUT2D eigenvalue weighted by Crippen LogP contribution is -1.88. The van der Waals surface area contributed by atoms with Gasteiger partial charge in [0.05, 0.1) is 0 Å². The van der Waals surface area contributed by atoms with Gasteiger partial charge in [0.2, 0.25) is 0 Å². The van der Waals surface area contributed by atoms with Gasteiger partial charge in [-0.25, -0.2) is 9.97 Å². The largest absolute Gasteiger partial charge is 0.229 e. The van der Waals surface area contributed by atoms with Crippen molar-refractivity contribution in [2.75, 3.05) is 0 Å². The lowest BCUT2D eigenvalue weighted by atomic mass is 10.1. The van der Waals surface area contributed by atoms with Crippen LogP contribution < -0.4 is 0 Å². The van der Waals surface area contributed by atoms with E-state index in [4.69, 9.17) is 0 Å². The third-order valence-electron chi connectivity index (χ3n) is 1.89. The topological polar surface area (TPSA) is 25.8 Å². The fourth-order valence-electron chi connectivity index (χ4n) is 1.20. The number of hydrogen-bond donors (Lipinski definition) is 0. The Balaban J connectivity index is 2.58. The van der Waals surface area contributed by atoms with Crippen LogP contribution in [0, 0.1) is 0 Å². The van der Waals surface area contributed by atoms with Crippen LogP contribution in [0.3, 0.4) is 0 Å². The molecule has 0 fully saturated rings. The monoisotopic (exact) mass is 390 g/mol. The fraction of sp³-hybridized carbons (Fsp3) is 0. The maximum Gasteiger partial charge on any atom is 0.118 e. The summed E-state index contributed by atoms with van der Waals surface area (Å²) in [6, 6.07) is 8.00. The van der Waals surface area contributed by atoms with E-state index in [1.807, 2.05) is 24.3 Å². The molecule has 0 spiro atoms. The third-order valence-corrected chi connectivity index (χ3v) is 3.62. The van der Waals surface area contributed by atoms with Gasteiger partial charge < -0.3 is 0 Å². The molecule has 15 heavy (non-hydrogen) atoms.